The van der Waals surface area contributed by atoms with Crippen molar-refractivity contribution < 1.29 is 0 Å². The van der Waals surface area contributed by atoms with Gasteiger partial charge in [0.15, 0.2) is 0 Å². The van der Waals surface area contributed by atoms with E-state index in [0.717, 1.165) is 12.8 Å². The second-order valence-electron chi connectivity index (χ2n) is 4.64. The molecule has 0 unspecified atom stereocenters. The molecule has 2 rings (SSSR count). The molecule has 0 heterocycles. The third-order valence-electron chi connectivity index (χ3n) is 3.64. The fourth-order valence-electron chi connectivity index (χ4n) is 2.78. The first-order valence-electron chi connectivity index (χ1n) is 5.87. The summed E-state index contributed by atoms with van der Waals surface area (Å²) in [7, 11) is 0. The van der Waals surface area contributed by atoms with Gasteiger partial charge < -0.3 is 4.85 Å². The van der Waals surface area contributed by atoms with Crippen LogP contribution in [0.4, 0.5) is 0 Å². The van der Waals surface area contributed by atoms with E-state index < -0.39 is 0 Å². The Bertz CT molecular complexity index is 399. The number of rotatable bonds is 2. The van der Waals surface area contributed by atoms with Crippen LogP contribution < -0.4 is 0 Å². The predicted molar refractivity (Wildman–Crippen MR) is 70.4 cm³/mol. The highest BCUT2D eigenvalue weighted by Gasteiger charge is 2.38. The largest absolute Gasteiger partial charge is 0.316 e. The molecule has 2 heteroatoms. The van der Waals surface area contributed by atoms with Crippen molar-refractivity contribution in [3.8, 4) is 0 Å². The molecule has 0 spiro atoms. The summed E-state index contributed by atoms with van der Waals surface area (Å²) in [6.45, 7) is 7.83. The van der Waals surface area contributed by atoms with E-state index in [1.165, 1.54) is 29.3 Å². The highest BCUT2D eigenvalue weighted by Crippen LogP contribution is 2.42. The summed E-state index contributed by atoms with van der Waals surface area (Å²) in [4.78, 5) is 3.68. The lowest BCUT2D eigenvalue weighted by atomic mass is 9.69. The summed E-state index contributed by atoms with van der Waals surface area (Å²) in [5.41, 5.74) is 1.45. The molecule has 0 aliphatic heterocycles. The van der Waals surface area contributed by atoms with Gasteiger partial charge in [0.05, 0.1) is 5.41 Å². The molecule has 0 N–H and O–H groups in total. The van der Waals surface area contributed by atoms with E-state index in [-0.39, 0.29) is 5.41 Å². The monoisotopic (exact) mass is 277 g/mol. The van der Waals surface area contributed by atoms with Gasteiger partial charge in [0.1, 0.15) is 0 Å². The van der Waals surface area contributed by atoms with E-state index in [1.54, 1.807) is 0 Å². The molecule has 84 valence electrons. The molecule has 0 saturated heterocycles. The second kappa shape index (κ2) is 5.01. The summed E-state index contributed by atoms with van der Waals surface area (Å²) in [6.07, 6.45) is 6.17. The minimum atomic E-state index is 0.111. The van der Waals surface area contributed by atoms with Crippen LogP contribution in [-0.2, 0) is 5.41 Å². The third kappa shape index (κ3) is 2.15. The molecule has 0 radical (unpaired) electrons. The maximum atomic E-state index is 7.19. The Morgan fingerprint density at radius 1 is 1.19 bits per heavy atom. The van der Waals surface area contributed by atoms with Gasteiger partial charge in [-0.25, -0.2) is 6.57 Å². The van der Waals surface area contributed by atoms with Gasteiger partial charge >= 0.3 is 0 Å². The van der Waals surface area contributed by atoms with E-state index >= 15 is 0 Å². The van der Waals surface area contributed by atoms with Crippen LogP contribution in [0.1, 0.15) is 37.7 Å². The van der Waals surface area contributed by atoms with Gasteiger partial charge in [0, 0.05) is 4.47 Å². The Morgan fingerprint density at radius 2 is 1.88 bits per heavy atom. The van der Waals surface area contributed by atoms with Crippen molar-refractivity contribution in [3.05, 3.63) is 45.7 Å². The minimum Gasteiger partial charge on any atom is -0.316 e. The van der Waals surface area contributed by atoms with Crippen molar-refractivity contribution in [3.63, 3.8) is 0 Å². The Balaban J connectivity index is 2.39. The molecule has 1 fully saturated rings. The quantitative estimate of drug-likeness (QED) is 0.698. The zero-order valence-electron chi connectivity index (χ0n) is 9.38. The molecule has 1 saturated carbocycles. The number of hydrogen-bond donors (Lipinski definition) is 0. The van der Waals surface area contributed by atoms with Crippen molar-refractivity contribution in [1.82, 2.24) is 0 Å². The molecular weight excluding hydrogens is 262 g/mol. The Hall–Kier alpha value is -0.810. The molecule has 1 aromatic carbocycles. The zero-order valence-corrected chi connectivity index (χ0v) is 11.0. The smallest absolute Gasteiger partial charge is 0.224 e. The molecule has 16 heavy (non-hydrogen) atoms. The van der Waals surface area contributed by atoms with Gasteiger partial charge in [0.2, 0.25) is 6.54 Å². The predicted octanol–water partition coefficient (Wildman–Crippen LogP) is 4.57. The number of hydrogen-bond acceptors (Lipinski definition) is 0. The van der Waals surface area contributed by atoms with E-state index in [2.05, 4.69) is 39.0 Å². The summed E-state index contributed by atoms with van der Waals surface area (Å²) in [6, 6.07) is 8.40. The number of nitrogens with zero attached hydrogens (tertiary/aromatic N) is 1. The Labute approximate surface area is 106 Å². The first-order chi connectivity index (χ1) is 7.78. The topological polar surface area (TPSA) is 4.36 Å². The van der Waals surface area contributed by atoms with Crippen LogP contribution in [-0.4, -0.2) is 6.54 Å². The summed E-state index contributed by atoms with van der Waals surface area (Å²) < 4.78 is 1.17. The number of benzene rings is 1. The number of halogens is 1. The van der Waals surface area contributed by atoms with Crippen LogP contribution >= 0.6 is 15.9 Å². The Kier molecular flexibility index (Phi) is 3.66. The van der Waals surface area contributed by atoms with Crippen LogP contribution in [0.2, 0.25) is 0 Å². The van der Waals surface area contributed by atoms with Gasteiger partial charge in [-0.1, -0.05) is 53.4 Å². The summed E-state index contributed by atoms with van der Waals surface area (Å²) in [5, 5.41) is 0. The van der Waals surface area contributed by atoms with Crippen molar-refractivity contribution in [2.24, 2.45) is 0 Å². The lowest BCUT2D eigenvalue weighted by Crippen LogP contribution is -2.32. The van der Waals surface area contributed by atoms with Crippen molar-refractivity contribution in [2.75, 3.05) is 6.54 Å². The molecule has 1 nitrogen and oxygen atoms in total. The van der Waals surface area contributed by atoms with Crippen LogP contribution in [0, 0.1) is 6.57 Å². The lowest BCUT2D eigenvalue weighted by Gasteiger charge is -2.34. The first kappa shape index (κ1) is 11.7. The SMILES string of the molecule is [C-]#[N+]CC1(c2ccccc2Br)CCCCC1. The van der Waals surface area contributed by atoms with E-state index in [9.17, 15) is 0 Å². The van der Waals surface area contributed by atoms with Crippen molar-refractivity contribution >= 4 is 15.9 Å². The first-order valence-corrected chi connectivity index (χ1v) is 6.66. The molecule has 0 aromatic heterocycles. The maximum Gasteiger partial charge on any atom is 0.224 e. The standard InChI is InChI=1S/C14H16BrN/c1-16-11-14(9-5-2-6-10-14)12-7-3-4-8-13(12)15/h3-4,7-8H,2,5-6,9-11H2. The van der Waals surface area contributed by atoms with Gasteiger partial charge in [-0.2, -0.15) is 0 Å². The Morgan fingerprint density at radius 3 is 2.50 bits per heavy atom. The highest BCUT2D eigenvalue weighted by molar-refractivity contribution is 9.10. The van der Waals surface area contributed by atoms with E-state index in [1.807, 2.05) is 6.07 Å². The molecular formula is C14H16BrN. The molecule has 1 aromatic rings. The van der Waals surface area contributed by atoms with Gasteiger partial charge in [-0.3, -0.25) is 0 Å². The van der Waals surface area contributed by atoms with Crippen LogP contribution in [0.3, 0.4) is 0 Å². The fourth-order valence-corrected chi connectivity index (χ4v) is 3.49. The molecule has 1 aliphatic rings. The van der Waals surface area contributed by atoms with Crippen LogP contribution in [0.25, 0.3) is 4.85 Å². The average molecular weight is 278 g/mol. The zero-order chi connectivity index (χ0) is 11.4. The third-order valence-corrected chi connectivity index (χ3v) is 4.33. The highest BCUT2D eigenvalue weighted by atomic mass is 79.9. The fraction of sp³-hybridized carbons (Fsp3) is 0.500. The van der Waals surface area contributed by atoms with Crippen LogP contribution in [0.5, 0.6) is 0 Å². The van der Waals surface area contributed by atoms with Gasteiger partial charge in [0.25, 0.3) is 0 Å². The molecule has 0 atom stereocenters. The van der Waals surface area contributed by atoms with Gasteiger partial charge in [-0.15, -0.1) is 0 Å². The molecule has 0 amide bonds. The lowest BCUT2D eigenvalue weighted by molar-refractivity contribution is 0.312. The normalized spacial score (nSPS) is 19.0. The summed E-state index contributed by atoms with van der Waals surface area (Å²) in [5.74, 6) is 0. The summed E-state index contributed by atoms with van der Waals surface area (Å²) >= 11 is 3.63. The van der Waals surface area contributed by atoms with E-state index in [0.29, 0.717) is 6.54 Å². The maximum absolute atomic E-state index is 7.19. The average Bonchev–Trinajstić information content (AvgIpc) is 2.31. The van der Waals surface area contributed by atoms with Crippen molar-refractivity contribution in [2.45, 2.75) is 37.5 Å². The second-order valence-corrected chi connectivity index (χ2v) is 5.49. The van der Waals surface area contributed by atoms with Gasteiger partial charge in [-0.05, 0) is 24.5 Å². The molecule has 0 bridgehead atoms. The van der Waals surface area contributed by atoms with E-state index in [4.69, 9.17) is 6.57 Å². The minimum absolute atomic E-state index is 0.111. The van der Waals surface area contributed by atoms with Crippen LogP contribution in [0.15, 0.2) is 28.7 Å². The van der Waals surface area contributed by atoms with Crippen molar-refractivity contribution in [1.29, 1.82) is 0 Å². The molecule has 1 aliphatic carbocycles.